The summed E-state index contributed by atoms with van der Waals surface area (Å²) in [4.78, 5) is 46.7. The van der Waals surface area contributed by atoms with Gasteiger partial charge in [-0.25, -0.2) is 9.96 Å². The minimum atomic E-state index is -1.06. The third-order valence-electron chi connectivity index (χ3n) is 6.76. The molecule has 0 unspecified atom stereocenters. The number of amides is 2. The topological polar surface area (TPSA) is 104 Å². The molecular weight excluding hydrogens is 516 g/mol. The number of rotatable bonds is 9. The number of methoxy groups -OCH3 is 2. The van der Waals surface area contributed by atoms with Crippen LogP contribution in [0.15, 0.2) is 66.7 Å². The lowest BCUT2D eigenvalue weighted by atomic mass is 9.90. The monoisotopic (exact) mass is 546 g/mol. The van der Waals surface area contributed by atoms with Crippen molar-refractivity contribution in [1.82, 2.24) is 0 Å². The molecule has 2 amide bonds. The largest absolute Gasteiger partial charge is 0.494 e. The van der Waals surface area contributed by atoms with Gasteiger partial charge in [0.15, 0.2) is 17.6 Å². The molecule has 0 radical (unpaired) electrons. The fraction of sp³-hybridized carbons (Fsp3) is 0.300. The van der Waals surface area contributed by atoms with Crippen molar-refractivity contribution in [3.05, 3.63) is 72.3 Å². The molecule has 2 aliphatic heterocycles. The number of esters is 1. The summed E-state index contributed by atoms with van der Waals surface area (Å²) >= 11 is 0. The highest BCUT2D eigenvalue weighted by Crippen LogP contribution is 2.50. The van der Waals surface area contributed by atoms with Gasteiger partial charge in [-0.3, -0.25) is 19.2 Å². The summed E-state index contributed by atoms with van der Waals surface area (Å²) < 4.78 is 22.0. The Morgan fingerprint density at radius 3 is 2.12 bits per heavy atom. The van der Waals surface area contributed by atoms with Crippen LogP contribution in [0.1, 0.15) is 31.9 Å². The highest BCUT2D eigenvalue weighted by molar-refractivity contribution is 6.24. The second-order valence-corrected chi connectivity index (χ2v) is 9.36. The van der Waals surface area contributed by atoms with E-state index in [9.17, 15) is 14.4 Å². The maximum absolute atomic E-state index is 14.0. The van der Waals surface area contributed by atoms with Crippen LogP contribution in [-0.4, -0.2) is 44.7 Å². The summed E-state index contributed by atoms with van der Waals surface area (Å²) in [6.07, 6.45) is -0.193. The minimum Gasteiger partial charge on any atom is -0.494 e. The zero-order valence-corrected chi connectivity index (χ0v) is 22.7. The Balaban J connectivity index is 1.57. The number of para-hydroxylation sites is 1. The van der Waals surface area contributed by atoms with E-state index >= 15 is 0 Å². The first-order valence-corrected chi connectivity index (χ1v) is 12.9. The molecule has 10 nitrogen and oxygen atoms in total. The predicted molar refractivity (Wildman–Crippen MR) is 146 cm³/mol. The Labute approximate surface area is 231 Å². The van der Waals surface area contributed by atoms with Crippen molar-refractivity contribution in [3.8, 4) is 23.0 Å². The number of hydrogen-bond acceptors (Lipinski definition) is 9. The van der Waals surface area contributed by atoms with Crippen LogP contribution in [0, 0.1) is 5.92 Å². The van der Waals surface area contributed by atoms with E-state index < -0.39 is 35.8 Å². The van der Waals surface area contributed by atoms with Crippen molar-refractivity contribution in [2.75, 3.05) is 30.8 Å². The Hall–Kier alpha value is -4.57. The SMILES string of the molecule is CCCOc1ccc(N2C(=O)[C@@H]3[C@H](ON(c4ccccc4)[C@H]3c3cc(OC)c(OC(C)=O)c(OC)c3)C2=O)cc1. The summed E-state index contributed by atoms with van der Waals surface area (Å²) in [6, 6.07) is 18.6. The molecule has 2 fully saturated rings. The number of imide groups is 1. The normalized spacial score (nSPS) is 19.9. The maximum atomic E-state index is 14.0. The van der Waals surface area contributed by atoms with Gasteiger partial charge in [0.2, 0.25) is 11.7 Å². The average molecular weight is 547 g/mol. The molecule has 2 heterocycles. The molecule has 3 aromatic carbocycles. The first-order chi connectivity index (χ1) is 19.4. The Bertz CT molecular complexity index is 1380. The third kappa shape index (κ3) is 4.82. The molecule has 3 aromatic rings. The second-order valence-electron chi connectivity index (χ2n) is 9.36. The number of carbonyl (C=O) groups is 3. The summed E-state index contributed by atoms with van der Waals surface area (Å²) in [5.41, 5.74) is 1.67. The fourth-order valence-electron chi connectivity index (χ4n) is 5.03. The second kappa shape index (κ2) is 11.3. The van der Waals surface area contributed by atoms with Crippen molar-refractivity contribution < 1.29 is 38.2 Å². The van der Waals surface area contributed by atoms with E-state index in [4.69, 9.17) is 23.8 Å². The van der Waals surface area contributed by atoms with E-state index in [1.165, 1.54) is 21.1 Å². The first kappa shape index (κ1) is 27.0. The van der Waals surface area contributed by atoms with Gasteiger partial charge in [0.05, 0.1) is 38.2 Å². The molecular formula is C30H30N2O8. The molecule has 2 aliphatic rings. The maximum Gasteiger partial charge on any atom is 0.308 e. The molecule has 3 atom stereocenters. The number of hydroxylamine groups is 1. The molecule has 5 rings (SSSR count). The highest BCUT2D eigenvalue weighted by atomic mass is 16.7. The lowest BCUT2D eigenvalue weighted by molar-refractivity contribution is -0.132. The van der Waals surface area contributed by atoms with Gasteiger partial charge in [0.1, 0.15) is 11.7 Å². The highest BCUT2D eigenvalue weighted by Gasteiger charge is 2.60. The van der Waals surface area contributed by atoms with Crippen molar-refractivity contribution in [2.24, 2.45) is 5.92 Å². The number of hydrogen-bond donors (Lipinski definition) is 0. The number of ether oxygens (including phenoxy) is 4. The summed E-state index contributed by atoms with van der Waals surface area (Å²) in [5.74, 6) is -1.05. The van der Waals surface area contributed by atoms with Gasteiger partial charge in [0.25, 0.3) is 5.91 Å². The number of nitrogens with zero attached hydrogens (tertiary/aromatic N) is 2. The molecule has 0 aromatic heterocycles. The summed E-state index contributed by atoms with van der Waals surface area (Å²) in [7, 11) is 2.88. The van der Waals surface area contributed by atoms with Crippen LogP contribution >= 0.6 is 0 Å². The molecule has 0 spiro atoms. The number of fused-ring (bicyclic) bond motifs is 1. The average Bonchev–Trinajstić information content (AvgIpc) is 3.48. The van der Waals surface area contributed by atoms with Crippen LogP contribution in [-0.2, 0) is 19.2 Å². The van der Waals surface area contributed by atoms with Gasteiger partial charge in [-0.15, -0.1) is 0 Å². The molecule has 2 saturated heterocycles. The van der Waals surface area contributed by atoms with Crippen molar-refractivity contribution in [2.45, 2.75) is 32.4 Å². The quantitative estimate of drug-likeness (QED) is 0.218. The van der Waals surface area contributed by atoms with Gasteiger partial charge in [-0.05, 0) is 60.5 Å². The standard InChI is InChI=1S/C30H30N2O8/c1-5-15-38-22-13-11-20(12-14-22)31-29(34)25-26(32(40-28(25)30(31)35)21-9-7-6-8-10-21)19-16-23(36-3)27(39-18(2)33)24(17-19)37-4/h6-14,16-17,25-26,28H,5,15H2,1-4H3/t25-,26-,28-/m0/s1. The summed E-state index contributed by atoms with van der Waals surface area (Å²) in [6.45, 7) is 3.86. The van der Waals surface area contributed by atoms with Crippen LogP contribution in [0.25, 0.3) is 0 Å². The Kier molecular flexibility index (Phi) is 7.61. The van der Waals surface area contributed by atoms with Crippen molar-refractivity contribution in [3.63, 3.8) is 0 Å². The van der Waals surface area contributed by atoms with E-state index in [-0.39, 0.29) is 17.2 Å². The molecule has 40 heavy (non-hydrogen) atoms. The predicted octanol–water partition coefficient (Wildman–Crippen LogP) is 4.47. The molecule has 0 saturated carbocycles. The number of carbonyl (C=O) groups excluding carboxylic acids is 3. The first-order valence-electron chi connectivity index (χ1n) is 12.9. The van der Waals surface area contributed by atoms with E-state index in [1.807, 2.05) is 37.3 Å². The van der Waals surface area contributed by atoms with Gasteiger partial charge >= 0.3 is 5.97 Å². The third-order valence-corrected chi connectivity index (χ3v) is 6.76. The fourth-order valence-corrected chi connectivity index (χ4v) is 5.03. The van der Waals surface area contributed by atoms with Crippen LogP contribution < -0.4 is 28.9 Å². The van der Waals surface area contributed by atoms with Crippen LogP contribution in [0.2, 0.25) is 0 Å². The van der Waals surface area contributed by atoms with Crippen molar-refractivity contribution >= 4 is 29.2 Å². The van der Waals surface area contributed by atoms with Crippen LogP contribution in [0.4, 0.5) is 11.4 Å². The molecule has 0 N–H and O–H groups in total. The van der Waals surface area contributed by atoms with Crippen molar-refractivity contribution in [1.29, 1.82) is 0 Å². The number of anilines is 2. The van der Waals surface area contributed by atoms with Gasteiger partial charge in [0, 0.05) is 6.92 Å². The lowest BCUT2D eigenvalue weighted by Gasteiger charge is -2.29. The van der Waals surface area contributed by atoms with Gasteiger partial charge in [-0.2, -0.15) is 0 Å². The molecule has 208 valence electrons. The van der Waals surface area contributed by atoms with Crippen LogP contribution in [0.5, 0.6) is 23.0 Å². The zero-order valence-electron chi connectivity index (χ0n) is 22.7. The zero-order chi connectivity index (χ0) is 28.4. The molecule has 10 heteroatoms. The Morgan fingerprint density at radius 2 is 1.55 bits per heavy atom. The van der Waals surface area contributed by atoms with Gasteiger partial charge in [-0.1, -0.05) is 25.1 Å². The van der Waals surface area contributed by atoms with Gasteiger partial charge < -0.3 is 18.9 Å². The van der Waals surface area contributed by atoms with E-state index in [1.54, 1.807) is 41.5 Å². The minimum absolute atomic E-state index is 0.115. The van der Waals surface area contributed by atoms with E-state index in [2.05, 4.69) is 0 Å². The molecule has 0 aliphatic carbocycles. The van der Waals surface area contributed by atoms with E-state index in [0.29, 0.717) is 29.3 Å². The number of benzene rings is 3. The van der Waals surface area contributed by atoms with E-state index in [0.717, 1.165) is 11.3 Å². The van der Waals surface area contributed by atoms with Crippen LogP contribution in [0.3, 0.4) is 0 Å². The lowest BCUT2D eigenvalue weighted by Crippen LogP contribution is -2.37. The molecule has 0 bridgehead atoms. The Morgan fingerprint density at radius 1 is 0.900 bits per heavy atom. The smallest absolute Gasteiger partial charge is 0.308 e. The summed E-state index contributed by atoms with van der Waals surface area (Å²) in [5, 5.41) is 1.57.